The van der Waals surface area contributed by atoms with E-state index < -0.39 is 0 Å². The monoisotopic (exact) mass is 526 g/mol. The Morgan fingerprint density at radius 1 is 1.00 bits per heavy atom. The first-order valence-electron chi connectivity index (χ1n) is 13.8. The Labute approximate surface area is 225 Å². The molecule has 0 spiro atoms. The fourth-order valence-corrected chi connectivity index (χ4v) is 5.85. The summed E-state index contributed by atoms with van der Waals surface area (Å²) in [6.45, 7) is 8.40. The van der Waals surface area contributed by atoms with Crippen LogP contribution in [0.15, 0.2) is 30.3 Å². The minimum absolute atomic E-state index is 0.163. The smallest absolute Gasteiger partial charge is 0.232 e. The number of aromatic nitrogens is 2. The van der Waals surface area contributed by atoms with Gasteiger partial charge in [0.25, 0.3) is 0 Å². The summed E-state index contributed by atoms with van der Waals surface area (Å²) in [5, 5.41) is 7.20. The summed E-state index contributed by atoms with van der Waals surface area (Å²) in [6, 6.07) is 8.98. The predicted octanol–water partition coefficient (Wildman–Crippen LogP) is 4.88. The van der Waals surface area contributed by atoms with Gasteiger partial charge in [-0.2, -0.15) is 9.97 Å². The van der Waals surface area contributed by atoms with E-state index in [2.05, 4.69) is 33.4 Å². The van der Waals surface area contributed by atoms with Crippen molar-refractivity contribution in [3.05, 3.63) is 41.7 Å². The van der Waals surface area contributed by atoms with Crippen LogP contribution in [0.25, 0.3) is 0 Å². The SMILES string of the molecule is CC1CCN(c2cc(N3CCCCC3)nc(NC(=S)NCC3(c4ccc(F)cc4)CCOCC3)n2)CC1. The third-order valence-electron chi connectivity index (χ3n) is 8.21. The van der Waals surface area contributed by atoms with E-state index in [-0.39, 0.29) is 11.2 Å². The van der Waals surface area contributed by atoms with Crippen molar-refractivity contribution < 1.29 is 9.13 Å². The summed E-state index contributed by atoms with van der Waals surface area (Å²) < 4.78 is 19.2. The van der Waals surface area contributed by atoms with Gasteiger partial charge in [0.15, 0.2) is 5.11 Å². The Kier molecular flexibility index (Phi) is 8.39. The fourth-order valence-electron chi connectivity index (χ4n) is 5.69. The molecule has 0 radical (unpaired) electrons. The molecule has 3 aliphatic rings. The average molecular weight is 527 g/mol. The Bertz CT molecular complexity index is 1050. The highest BCUT2D eigenvalue weighted by Gasteiger charge is 2.34. The van der Waals surface area contributed by atoms with E-state index in [1.807, 2.05) is 12.1 Å². The number of rotatable bonds is 6. The molecular formula is C28H39FN6OS. The number of anilines is 3. The summed E-state index contributed by atoms with van der Waals surface area (Å²) in [5.41, 5.74) is 0.946. The molecule has 5 rings (SSSR count). The zero-order valence-corrected chi connectivity index (χ0v) is 22.7. The van der Waals surface area contributed by atoms with Gasteiger partial charge in [0.1, 0.15) is 17.5 Å². The number of benzene rings is 1. The van der Waals surface area contributed by atoms with Crippen LogP contribution in [0.4, 0.5) is 22.0 Å². The molecule has 0 bridgehead atoms. The molecule has 200 valence electrons. The van der Waals surface area contributed by atoms with Gasteiger partial charge in [0.05, 0.1) is 0 Å². The van der Waals surface area contributed by atoms with Crippen LogP contribution < -0.4 is 20.4 Å². The van der Waals surface area contributed by atoms with Crippen LogP contribution in [-0.2, 0) is 10.2 Å². The van der Waals surface area contributed by atoms with Crippen molar-refractivity contribution in [2.75, 3.05) is 61.1 Å². The van der Waals surface area contributed by atoms with Gasteiger partial charge in [0.2, 0.25) is 5.95 Å². The number of nitrogens with zero attached hydrogens (tertiary/aromatic N) is 4. The maximum atomic E-state index is 13.6. The van der Waals surface area contributed by atoms with Crippen LogP contribution in [0.1, 0.15) is 57.4 Å². The highest BCUT2D eigenvalue weighted by atomic mass is 32.1. The standard InChI is InChI=1S/C28H39FN6OS/c1-21-9-15-35(16-10-21)25-19-24(34-13-3-2-4-14-34)31-26(32-25)33-27(37)30-20-28(11-17-36-18-12-28)22-5-7-23(29)8-6-22/h5-8,19,21H,2-4,9-18,20H2,1H3,(H2,30,31,32,33,37). The molecule has 9 heteroatoms. The van der Waals surface area contributed by atoms with Gasteiger partial charge in [0, 0.05) is 57.4 Å². The van der Waals surface area contributed by atoms with E-state index >= 15 is 0 Å². The van der Waals surface area contributed by atoms with Crippen LogP contribution in [-0.4, -0.2) is 61.0 Å². The van der Waals surface area contributed by atoms with Gasteiger partial charge in [-0.05, 0) is 80.8 Å². The van der Waals surface area contributed by atoms with E-state index in [1.54, 1.807) is 0 Å². The second-order valence-electron chi connectivity index (χ2n) is 10.8. The predicted molar refractivity (Wildman–Crippen MR) is 151 cm³/mol. The average Bonchev–Trinajstić information content (AvgIpc) is 2.93. The molecule has 7 nitrogen and oxygen atoms in total. The Morgan fingerprint density at radius 3 is 2.27 bits per heavy atom. The van der Waals surface area contributed by atoms with Crippen LogP contribution in [0.2, 0.25) is 0 Å². The van der Waals surface area contributed by atoms with E-state index in [9.17, 15) is 4.39 Å². The minimum Gasteiger partial charge on any atom is -0.381 e. The molecule has 0 atom stereocenters. The fraction of sp³-hybridized carbons (Fsp3) is 0.607. The molecule has 1 aromatic carbocycles. The van der Waals surface area contributed by atoms with Crippen molar-refractivity contribution in [2.45, 2.75) is 57.3 Å². The summed E-state index contributed by atoms with van der Waals surface area (Å²) in [6.07, 6.45) is 7.73. The number of thiocarbonyl (C=S) groups is 1. The van der Waals surface area contributed by atoms with Gasteiger partial charge < -0.3 is 25.2 Å². The summed E-state index contributed by atoms with van der Waals surface area (Å²) in [5.74, 6) is 3.02. The Hall–Kier alpha value is -2.52. The maximum absolute atomic E-state index is 13.6. The molecular weight excluding hydrogens is 487 g/mol. The highest BCUT2D eigenvalue weighted by molar-refractivity contribution is 7.80. The lowest BCUT2D eigenvalue weighted by atomic mass is 9.74. The van der Waals surface area contributed by atoms with Crippen molar-refractivity contribution in [3.8, 4) is 0 Å². The van der Waals surface area contributed by atoms with Crippen molar-refractivity contribution in [1.29, 1.82) is 0 Å². The quantitative estimate of drug-likeness (QED) is 0.517. The molecule has 1 aromatic heterocycles. The molecule has 37 heavy (non-hydrogen) atoms. The summed E-state index contributed by atoms with van der Waals surface area (Å²) in [7, 11) is 0. The molecule has 0 saturated carbocycles. The molecule has 0 aliphatic carbocycles. The van der Waals surface area contributed by atoms with E-state index in [0.717, 1.165) is 62.1 Å². The number of nitrogens with one attached hydrogen (secondary N) is 2. The molecule has 2 aromatic rings. The maximum Gasteiger partial charge on any atom is 0.232 e. The number of ether oxygens (including phenoxy) is 1. The molecule has 3 fully saturated rings. The van der Waals surface area contributed by atoms with Gasteiger partial charge in [-0.15, -0.1) is 0 Å². The molecule has 3 aliphatic heterocycles. The largest absolute Gasteiger partial charge is 0.381 e. The normalized spacial score (nSPS) is 20.5. The zero-order valence-electron chi connectivity index (χ0n) is 21.8. The molecule has 0 amide bonds. The molecule has 3 saturated heterocycles. The first-order chi connectivity index (χ1) is 18.0. The van der Waals surface area contributed by atoms with Crippen LogP contribution >= 0.6 is 12.2 Å². The van der Waals surface area contributed by atoms with Crippen LogP contribution in [0, 0.1) is 11.7 Å². The number of piperidine rings is 2. The lowest BCUT2D eigenvalue weighted by Crippen LogP contribution is -2.45. The van der Waals surface area contributed by atoms with Crippen molar-refractivity contribution in [3.63, 3.8) is 0 Å². The van der Waals surface area contributed by atoms with Gasteiger partial charge in [-0.3, -0.25) is 0 Å². The Morgan fingerprint density at radius 2 is 1.62 bits per heavy atom. The van der Waals surface area contributed by atoms with Crippen LogP contribution in [0.3, 0.4) is 0 Å². The van der Waals surface area contributed by atoms with E-state index in [0.29, 0.717) is 30.8 Å². The van der Waals surface area contributed by atoms with Crippen molar-refractivity contribution in [2.24, 2.45) is 5.92 Å². The topological polar surface area (TPSA) is 65.5 Å². The minimum atomic E-state index is -0.221. The highest BCUT2D eigenvalue weighted by Crippen LogP contribution is 2.34. The molecule has 0 unspecified atom stereocenters. The second-order valence-corrected chi connectivity index (χ2v) is 11.2. The Balaban J connectivity index is 1.31. The number of hydrogen-bond donors (Lipinski definition) is 2. The number of halogens is 1. The van der Waals surface area contributed by atoms with Crippen molar-refractivity contribution in [1.82, 2.24) is 15.3 Å². The van der Waals surface area contributed by atoms with E-state index in [1.165, 1.54) is 44.2 Å². The second kappa shape index (κ2) is 11.9. The lowest BCUT2D eigenvalue weighted by Gasteiger charge is -2.38. The summed E-state index contributed by atoms with van der Waals surface area (Å²) in [4.78, 5) is 14.5. The third kappa shape index (κ3) is 6.49. The van der Waals surface area contributed by atoms with Gasteiger partial charge in [-0.25, -0.2) is 4.39 Å². The lowest BCUT2D eigenvalue weighted by molar-refractivity contribution is 0.0515. The third-order valence-corrected chi connectivity index (χ3v) is 8.45. The van der Waals surface area contributed by atoms with Gasteiger partial charge in [-0.1, -0.05) is 19.1 Å². The summed E-state index contributed by atoms with van der Waals surface area (Å²) >= 11 is 5.72. The van der Waals surface area contributed by atoms with E-state index in [4.69, 9.17) is 26.9 Å². The van der Waals surface area contributed by atoms with Gasteiger partial charge >= 0.3 is 0 Å². The van der Waals surface area contributed by atoms with Crippen molar-refractivity contribution >= 4 is 34.9 Å². The first-order valence-corrected chi connectivity index (χ1v) is 14.2. The van der Waals surface area contributed by atoms with Crippen LogP contribution in [0.5, 0.6) is 0 Å². The first kappa shape index (κ1) is 26.1. The zero-order chi connectivity index (χ0) is 25.7. The molecule has 4 heterocycles. The number of hydrogen-bond acceptors (Lipinski definition) is 6. The molecule has 2 N–H and O–H groups in total.